The molecule has 0 spiro atoms. The summed E-state index contributed by atoms with van der Waals surface area (Å²) in [5.74, 6) is -2.40. The monoisotopic (exact) mass is 665 g/mol. The molecule has 2 atom stereocenters. The Labute approximate surface area is 268 Å². The zero-order valence-electron chi connectivity index (χ0n) is 25.8. The number of carboxylic acid groups (broad SMARTS) is 1. The van der Waals surface area contributed by atoms with E-state index >= 15 is 0 Å². The van der Waals surface area contributed by atoms with Gasteiger partial charge in [-0.1, -0.05) is 42.5 Å². The standard InChI is InChI=1S/C34H37F6N3O4/c1-47-29-9-8-21(18-43-13-10-23(35)19-43)16-27(29)26-7-3-5-24-22(4-2-6-25(24)26)17-28(31(44)45)41-32(46)33(34(38,39)40)11-14-42(15-12-33)20-30(36)37/h2-9,16,23,28,30H,10-15,17-20H2,1H3,(H,41,46)(H,44,45)/t23-,28+/m1/s1. The summed E-state index contributed by atoms with van der Waals surface area (Å²) in [4.78, 5) is 28.8. The zero-order valence-corrected chi connectivity index (χ0v) is 25.8. The van der Waals surface area contributed by atoms with Crippen molar-refractivity contribution in [3.63, 3.8) is 0 Å². The number of hydrogen-bond donors (Lipinski definition) is 2. The molecule has 0 bridgehead atoms. The van der Waals surface area contributed by atoms with Gasteiger partial charge in [-0.05, 0) is 71.9 Å². The van der Waals surface area contributed by atoms with Crippen LogP contribution in [-0.4, -0.2) is 91.4 Å². The first kappa shape index (κ1) is 34.5. The molecule has 0 aromatic heterocycles. The molecular formula is C34H37F6N3O4. The van der Waals surface area contributed by atoms with Crippen molar-refractivity contribution < 1.29 is 45.8 Å². The minimum atomic E-state index is -5.01. The third kappa shape index (κ3) is 7.51. The Morgan fingerprint density at radius 3 is 2.32 bits per heavy atom. The molecule has 2 aliphatic heterocycles. The average Bonchev–Trinajstić information content (AvgIpc) is 3.44. The smallest absolute Gasteiger partial charge is 0.403 e. The molecule has 3 aromatic carbocycles. The van der Waals surface area contributed by atoms with E-state index in [2.05, 4.69) is 5.32 Å². The molecule has 254 valence electrons. The number of aliphatic carboxylic acids is 1. The Balaban J connectivity index is 1.42. The molecule has 7 nitrogen and oxygen atoms in total. The number of nitrogens with zero attached hydrogens (tertiary/aromatic N) is 2. The van der Waals surface area contributed by atoms with Gasteiger partial charge in [0.15, 0.2) is 0 Å². The number of benzene rings is 3. The molecule has 2 saturated heterocycles. The number of alkyl halides is 6. The quantitative estimate of drug-likeness (QED) is 0.242. The number of hydrogen-bond acceptors (Lipinski definition) is 5. The molecular weight excluding hydrogens is 628 g/mol. The van der Waals surface area contributed by atoms with E-state index in [-0.39, 0.29) is 19.5 Å². The number of carbonyl (C=O) groups excluding carboxylic acids is 1. The van der Waals surface area contributed by atoms with E-state index in [0.29, 0.717) is 42.8 Å². The number of fused-ring (bicyclic) bond motifs is 1. The fourth-order valence-electron chi connectivity index (χ4n) is 6.71. The number of rotatable bonds is 11. The number of piperidine rings is 1. The van der Waals surface area contributed by atoms with Crippen molar-refractivity contribution in [1.29, 1.82) is 0 Å². The number of methoxy groups -OCH3 is 1. The van der Waals surface area contributed by atoms with Crippen molar-refractivity contribution in [1.82, 2.24) is 15.1 Å². The van der Waals surface area contributed by atoms with Crippen LogP contribution in [-0.2, 0) is 22.6 Å². The lowest BCUT2D eigenvalue weighted by molar-refractivity contribution is -0.233. The van der Waals surface area contributed by atoms with Crippen molar-refractivity contribution in [2.75, 3.05) is 39.8 Å². The molecule has 2 aliphatic rings. The molecule has 2 heterocycles. The lowest BCUT2D eigenvalue weighted by Crippen LogP contribution is -2.59. The minimum Gasteiger partial charge on any atom is -0.496 e. The van der Waals surface area contributed by atoms with Gasteiger partial charge in [0.05, 0.1) is 13.7 Å². The van der Waals surface area contributed by atoms with Crippen molar-refractivity contribution in [3.8, 4) is 16.9 Å². The van der Waals surface area contributed by atoms with Crippen LogP contribution in [0.4, 0.5) is 26.3 Å². The third-order valence-electron chi connectivity index (χ3n) is 9.30. The Morgan fingerprint density at radius 1 is 1.00 bits per heavy atom. The summed E-state index contributed by atoms with van der Waals surface area (Å²) in [6, 6.07) is 14.7. The van der Waals surface area contributed by atoms with E-state index in [1.807, 2.05) is 35.2 Å². The van der Waals surface area contributed by atoms with Crippen LogP contribution in [0.3, 0.4) is 0 Å². The Morgan fingerprint density at radius 2 is 1.70 bits per heavy atom. The van der Waals surface area contributed by atoms with Gasteiger partial charge in [0.2, 0.25) is 5.91 Å². The van der Waals surface area contributed by atoms with E-state index in [9.17, 15) is 41.0 Å². The summed E-state index contributed by atoms with van der Waals surface area (Å²) in [6.07, 6.45) is -9.92. The van der Waals surface area contributed by atoms with Crippen LogP contribution in [0.2, 0.25) is 0 Å². The minimum absolute atomic E-state index is 0.302. The summed E-state index contributed by atoms with van der Waals surface area (Å²) in [5, 5.41) is 13.5. The average molecular weight is 666 g/mol. The van der Waals surface area contributed by atoms with Crippen LogP contribution in [0.5, 0.6) is 5.75 Å². The summed E-state index contributed by atoms with van der Waals surface area (Å²) in [6.45, 7) is 0.117. The van der Waals surface area contributed by atoms with E-state index in [1.165, 1.54) is 4.90 Å². The highest BCUT2D eigenvalue weighted by atomic mass is 19.4. The van der Waals surface area contributed by atoms with Gasteiger partial charge in [-0.25, -0.2) is 18.0 Å². The highest BCUT2D eigenvalue weighted by molar-refractivity contribution is 6.00. The summed E-state index contributed by atoms with van der Waals surface area (Å²) < 4.78 is 88.1. The number of carbonyl (C=O) groups is 2. The fourth-order valence-corrected chi connectivity index (χ4v) is 6.71. The molecule has 2 N–H and O–H groups in total. The predicted molar refractivity (Wildman–Crippen MR) is 164 cm³/mol. The maximum absolute atomic E-state index is 14.3. The Hall–Kier alpha value is -3.84. The van der Waals surface area contributed by atoms with Gasteiger partial charge >= 0.3 is 12.1 Å². The number of nitrogens with one attached hydrogen (secondary N) is 1. The van der Waals surface area contributed by atoms with E-state index in [0.717, 1.165) is 22.1 Å². The van der Waals surface area contributed by atoms with Gasteiger partial charge in [-0.2, -0.15) is 13.2 Å². The number of amides is 1. The molecule has 47 heavy (non-hydrogen) atoms. The number of ether oxygens (including phenoxy) is 1. The summed E-state index contributed by atoms with van der Waals surface area (Å²) in [5.41, 5.74) is 0.0846. The Bertz CT molecular complexity index is 1590. The van der Waals surface area contributed by atoms with Crippen molar-refractivity contribution in [2.45, 2.75) is 57.0 Å². The highest BCUT2D eigenvalue weighted by Crippen LogP contribution is 2.47. The van der Waals surface area contributed by atoms with Crippen molar-refractivity contribution in [3.05, 3.63) is 65.7 Å². The van der Waals surface area contributed by atoms with E-state index in [4.69, 9.17) is 4.74 Å². The first-order valence-corrected chi connectivity index (χ1v) is 15.5. The Kier molecular flexibility index (Phi) is 10.4. The molecule has 13 heteroatoms. The van der Waals surface area contributed by atoms with Crippen LogP contribution in [0.25, 0.3) is 21.9 Å². The SMILES string of the molecule is COc1ccc(CN2CC[C@@H](F)C2)cc1-c1cccc2c(C[C@H](NC(=O)C3(C(F)(F)F)CCN(CC(F)F)CC3)C(=O)O)cccc12. The largest absolute Gasteiger partial charge is 0.496 e. The van der Waals surface area contributed by atoms with Crippen LogP contribution in [0, 0.1) is 5.41 Å². The summed E-state index contributed by atoms with van der Waals surface area (Å²) in [7, 11) is 1.54. The lowest BCUT2D eigenvalue weighted by Gasteiger charge is -2.41. The number of likely N-dealkylation sites (tertiary alicyclic amines) is 2. The van der Waals surface area contributed by atoms with Gasteiger partial charge in [0, 0.05) is 31.6 Å². The topological polar surface area (TPSA) is 82.1 Å². The molecule has 0 radical (unpaired) electrons. The second-order valence-corrected chi connectivity index (χ2v) is 12.3. The van der Waals surface area contributed by atoms with Gasteiger partial charge in [0.25, 0.3) is 6.43 Å². The van der Waals surface area contributed by atoms with Gasteiger partial charge < -0.3 is 15.2 Å². The molecule has 0 saturated carbocycles. The van der Waals surface area contributed by atoms with Gasteiger partial charge in [0.1, 0.15) is 23.4 Å². The predicted octanol–water partition coefficient (Wildman–Crippen LogP) is 6.08. The van der Waals surface area contributed by atoms with Crippen LogP contribution in [0.1, 0.15) is 30.4 Å². The number of halogens is 6. The van der Waals surface area contributed by atoms with Crippen molar-refractivity contribution >= 4 is 22.6 Å². The molecule has 5 rings (SSSR count). The van der Waals surface area contributed by atoms with Crippen LogP contribution < -0.4 is 10.1 Å². The summed E-state index contributed by atoms with van der Waals surface area (Å²) >= 11 is 0. The second kappa shape index (κ2) is 14.1. The second-order valence-electron chi connectivity index (χ2n) is 12.3. The lowest BCUT2D eigenvalue weighted by atomic mass is 9.76. The fraction of sp³-hybridized carbons (Fsp3) is 0.471. The highest BCUT2D eigenvalue weighted by Gasteiger charge is 2.61. The maximum atomic E-state index is 14.3. The van der Waals surface area contributed by atoms with Crippen LogP contribution >= 0.6 is 0 Å². The van der Waals surface area contributed by atoms with Gasteiger partial charge in [-0.3, -0.25) is 14.6 Å². The van der Waals surface area contributed by atoms with Gasteiger partial charge in [-0.15, -0.1) is 0 Å². The number of carboxylic acids is 1. The molecule has 2 fully saturated rings. The van der Waals surface area contributed by atoms with E-state index < -0.39 is 61.5 Å². The first-order valence-electron chi connectivity index (χ1n) is 15.5. The van der Waals surface area contributed by atoms with Crippen LogP contribution in [0.15, 0.2) is 54.6 Å². The molecule has 1 amide bonds. The van der Waals surface area contributed by atoms with Crippen molar-refractivity contribution in [2.24, 2.45) is 5.41 Å². The molecule has 0 aliphatic carbocycles. The molecule has 3 aromatic rings. The maximum Gasteiger partial charge on any atom is 0.403 e. The third-order valence-corrected chi connectivity index (χ3v) is 9.30. The zero-order chi connectivity index (χ0) is 33.9. The normalized spacial score (nSPS) is 19.6. The first-order chi connectivity index (χ1) is 22.3. The van der Waals surface area contributed by atoms with E-state index in [1.54, 1.807) is 31.4 Å². The molecule has 0 unspecified atom stereocenters.